The average molecular weight is 255 g/mol. The minimum absolute atomic E-state index is 0.0830. The van der Waals surface area contributed by atoms with E-state index in [0.29, 0.717) is 5.69 Å². The summed E-state index contributed by atoms with van der Waals surface area (Å²) in [5.74, 6) is 0.0830. The molecular weight excluding hydrogens is 246 g/mol. The second kappa shape index (κ2) is 4.05. The molecule has 0 amide bonds. The first-order valence-corrected chi connectivity index (χ1v) is 5.50. The van der Waals surface area contributed by atoms with E-state index in [9.17, 15) is 9.59 Å². The number of anilines is 1. The van der Waals surface area contributed by atoms with Crippen molar-refractivity contribution in [1.82, 2.24) is 19.5 Å². The van der Waals surface area contributed by atoms with Crippen LogP contribution >= 0.6 is 0 Å². The van der Waals surface area contributed by atoms with Crippen LogP contribution < -0.4 is 17.0 Å². The lowest BCUT2D eigenvalue weighted by atomic mass is 10.3. The molecule has 0 aliphatic heterocycles. The summed E-state index contributed by atoms with van der Waals surface area (Å²) < 4.78 is 1.30. The van der Waals surface area contributed by atoms with Gasteiger partial charge in [-0.3, -0.25) is 14.3 Å². The number of aromatic amines is 1. The van der Waals surface area contributed by atoms with Crippen LogP contribution in [-0.2, 0) is 0 Å². The summed E-state index contributed by atoms with van der Waals surface area (Å²) in [6, 6.07) is 8.86. The lowest BCUT2D eigenvalue weighted by molar-refractivity contribution is 0.964. The summed E-state index contributed by atoms with van der Waals surface area (Å²) in [5, 5.41) is 0. The Morgan fingerprint density at radius 2 is 1.89 bits per heavy atom. The SMILES string of the molecule is Nc1[nH]c(=O)nc2c1ncc(=O)n2-c1ccccc1. The molecule has 7 heteroatoms. The number of nitrogens with zero attached hydrogens (tertiary/aromatic N) is 3. The number of benzene rings is 1. The molecule has 0 aliphatic carbocycles. The van der Waals surface area contributed by atoms with Gasteiger partial charge in [0, 0.05) is 0 Å². The molecule has 0 saturated carbocycles. The van der Waals surface area contributed by atoms with Crippen molar-refractivity contribution < 1.29 is 0 Å². The van der Waals surface area contributed by atoms with Gasteiger partial charge < -0.3 is 5.73 Å². The van der Waals surface area contributed by atoms with Crippen molar-refractivity contribution in [3.05, 3.63) is 57.4 Å². The molecular formula is C12H9N5O2. The Morgan fingerprint density at radius 3 is 2.63 bits per heavy atom. The molecule has 0 radical (unpaired) electrons. The number of nitrogens with two attached hydrogens (primary N) is 1. The van der Waals surface area contributed by atoms with Gasteiger partial charge in [0.25, 0.3) is 5.56 Å². The summed E-state index contributed by atoms with van der Waals surface area (Å²) in [5.41, 5.74) is 5.69. The highest BCUT2D eigenvalue weighted by Crippen LogP contribution is 2.13. The number of H-pyrrole nitrogens is 1. The zero-order chi connectivity index (χ0) is 13.4. The van der Waals surface area contributed by atoms with Crippen LogP contribution in [0.2, 0.25) is 0 Å². The van der Waals surface area contributed by atoms with E-state index in [4.69, 9.17) is 5.73 Å². The van der Waals surface area contributed by atoms with Gasteiger partial charge in [0.1, 0.15) is 11.3 Å². The third-order valence-electron chi connectivity index (χ3n) is 2.67. The zero-order valence-electron chi connectivity index (χ0n) is 9.70. The first-order chi connectivity index (χ1) is 9.16. The summed E-state index contributed by atoms with van der Waals surface area (Å²) >= 11 is 0. The van der Waals surface area contributed by atoms with E-state index in [1.54, 1.807) is 24.3 Å². The molecule has 2 heterocycles. The fourth-order valence-electron chi connectivity index (χ4n) is 1.86. The van der Waals surface area contributed by atoms with Gasteiger partial charge in [-0.1, -0.05) is 18.2 Å². The Labute approximate surface area is 106 Å². The summed E-state index contributed by atoms with van der Waals surface area (Å²) in [4.78, 5) is 33.4. The summed E-state index contributed by atoms with van der Waals surface area (Å²) in [6.07, 6.45) is 1.14. The average Bonchev–Trinajstić information content (AvgIpc) is 2.39. The van der Waals surface area contributed by atoms with Crippen LogP contribution in [0, 0.1) is 0 Å². The number of para-hydroxylation sites is 1. The zero-order valence-corrected chi connectivity index (χ0v) is 9.70. The Morgan fingerprint density at radius 1 is 1.16 bits per heavy atom. The van der Waals surface area contributed by atoms with Crippen LogP contribution in [0.1, 0.15) is 0 Å². The summed E-state index contributed by atoms with van der Waals surface area (Å²) in [7, 11) is 0. The Bertz CT molecular complexity index is 867. The van der Waals surface area contributed by atoms with Gasteiger partial charge in [0.2, 0.25) is 0 Å². The maximum atomic E-state index is 12.0. The highest BCUT2D eigenvalue weighted by Gasteiger charge is 2.11. The lowest BCUT2D eigenvalue weighted by Gasteiger charge is -2.08. The minimum Gasteiger partial charge on any atom is -0.383 e. The van der Waals surface area contributed by atoms with Crippen molar-refractivity contribution in [2.75, 3.05) is 5.73 Å². The fraction of sp³-hybridized carbons (Fsp3) is 0. The molecule has 3 aromatic rings. The van der Waals surface area contributed by atoms with Gasteiger partial charge >= 0.3 is 5.69 Å². The third kappa shape index (κ3) is 1.77. The highest BCUT2D eigenvalue weighted by molar-refractivity contribution is 5.81. The molecule has 0 unspecified atom stereocenters. The lowest BCUT2D eigenvalue weighted by Crippen LogP contribution is -2.24. The van der Waals surface area contributed by atoms with Crippen molar-refractivity contribution in [2.45, 2.75) is 0 Å². The van der Waals surface area contributed by atoms with E-state index in [1.165, 1.54) is 4.57 Å². The van der Waals surface area contributed by atoms with Crippen molar-refractivity contribution in [3.8, 4) is 5.69 Å². The largest absolute Gasteiger partial charge is 0.383 e. The highest BCUT2D eigenvalue weighted by atomic mass is 16.1. The van der Waals surface area contributed by atoms with E-state index in [0.717, 1.165) is 6.20 Å². The molecule has 7 nitrogen and oxygen atoms in total. The minimum atomic E-state index is -0.623. The number of fused-ring (bicyclic) bond motifs is 1. The van der Waals surface area contributed by atoms with E-state index >= 15 is 0 Å². The molecule has 0 fully saturated rings. The second-order valence-corrected chi connectivity index (χ2v) is 3.90. The van der Waals surface area contributed by atoms with E-state index in [-0.39, 0.29) is 22.5 Å². The van der Waals surface area contributed by atoms with Crippen LogP contribution in [0.5, 0.6) is 0 Å². The van der Waals surface area contributed by atoms with Crippen LogP contribution in [0.3, 0.4) is 0 Å². The second-order valence-electron chi connectivity index (χ2n) is 3.90. The van der Waals surface area contributed by atoms with E-state index in [1.807, 2.05) is 6.07 Å². The Hall–Kier alpha value is -2.96. The quantitative estimate of drug-likeness (QED) is 0.639. The molecule has 3 N–H and O–H groups in total. The number of hydrogen-bond acceptors (Lipinski definition) is 5. The van der Waals surface area contributed by atoms with Crippen molar-refractivity contribution in [3.63, 3.8) is 0 Å². The van der Waals surface area contributed by atoms with Gasteiger partial charge in [0.05, 0.1) is 11.9 Å². The molecule has 0 spiro atoms. The normalized spacial score (nSPS) is 10.7. The first-order valence-electron chi connectivity index (χ1n) is 5.50. The Balaban J connectivity index is 2.51. The van der Waals surface area contributed by atoms with Crippen molar-refractivity contribution >= 4 is 17.0 Å². The predicted octanol–water partition coefficient (Wildman–Crippen LogP) is 0.0512. The number of hydrogen-bond donors (Lipinski definition) is 2. The smallest absolute Gasteiger partial charge is 0.348 e. The third-order valence-corrected chi connectivity index (χ3v) is 2.67. The van der Waals surface area contributed by atoms with Crippen molar-refractivity contribution in [1.29, 1.82) is 0 Å². The maximum absolute atomic E-state index is 12.0. The molecule has 3 rings (SSSR count). The van der Waals surface area contributed by atoms with Gasteiger partial charge in [0.15, 0.2) is 5.65 Å². The topological polar surface area (TPSA) is 107 Å². The number of nitrogen functional groups attached to an aromatic ring is 1. The van der Waals surface area contributed by atoms with Crippen LogP contribution in [0.4, 0.5) is 5.82 Å². The van der Waals surface area contributed by atoms with Crippen molar-refractivity contribution in [2.24, 2.45) is 0 Å². The van der Waals surface area contributed by atoms with Gasteiger partial charge in [-0.15, -0.1) is 0 Å². The first kappa shape index (κ1) is 11.1. The fourth-order valence-corrected chi connectivity index (χ4v) is 1.86. The molecule has 0 aliphatic rings. The summed E-state index contributed by atoms with van der Waals surface area (Å²) in [6.45, 7) is 0. The number of nitrogens with one attached hydrogen (secondary N) is 1. The molecule has 0 bridgehead atoms. The molecule has 0 saturated heterocycles. The van der Waals surface area contributed by atoms with Crippen LogP contribution in [0.15, 0.2) is 46.1 Å². The van der Waals surface area contributed by atoms with Gasteiger partial charge in [-0.2, -0.15) is 4.98 Å². The molecule has 19 heavy (non-hydrogen) atoms. The maximum Gasteiger partial charge on any atom is 0.348 e. The number of rotatable bonds is 1. The standard InChI is InChI=1S/C12H9N5O2/c13-10-9-11(16-12(19)15-10)17(8(18)6-14-9)7-4-2-1-3-5-7/h1-6H,(H3,13,15,16,19). The van der Waals surface area contributed by atoms with E-state index in [2.05, 4.69) is 15.0 Å². The van der Waals surface area contributed by atoms with E-state index < -0.39 is 5.69 Å². The predicted molar refractivity (Wildman–Crippen MR) is 70.2 cm³/mol. The molecule has 2 aromatic heterocycles. The molecule has 0 atom stereocenters. The van der Waals surface area contributed by atoms with Crippen LogP contribution in [0.25, 0.3) is 16.9 Å². The monoisotopic (exact) mass is 255 g/mol. The van der Waals surface area contributed by atoms with Crippen LogP contribution in [-0.4, -0.2) is 19.5 Å². The molecule has 94 valence electrons. The van der Waals surface area contributed by atoms with Gasteiger partial charge in [-0.05, 0) is 12.1 Å². The number of aromatic nitrogens is 4. The Kier molecular flexibility index (Phi) is 2.38. The van der Waals surface area contributed by atoms with Gasteiger partial charge in [-0.25, -0.2) is 9.78 Å². The molecule has 1 aromatic carbocycles.